The van der Waals surface area contributed by atoms with E-state index in [0.717, 1.165) is 29.1 Å². The van der Waals surface area contributed by atoms with Crippen LogP contribution in [0.15, 0.2) is 22.7 Å². The lowest BCUT2D eigenvalue weighted by Gasteiger charge is -2.17. The third-order valence-electron chi connectivity index (χ3n) is 3.49. The van der Waals surface area contributed by atoms with Crippen LogP contribution in [-0.4, -0.2) is 22.9 Å². The number of thioether (sulfide) groups is 1. The number of halogens is 1. The summed E-state index contributed by atoms with van der Waals surface area (Å²) in [5.74, 6) is 0.434. The topological polar surface area (TPSA) is 58.2 Å². The van der Waals surface area contributed by atoms with Gasteiger partial charge in [0.25, 0.3) is 5.24 Å². The molecule has 100 valence electrons. The summed E-state index contributed by atoms with van der Waals surface area (Å²) in [6, 6.07) is 5.83. The second kappa shape index (κ2) is 5.17. The van der Waals surface area contributed by atoms with Crippen LogP contribution in [0.3, 0.4) is 0 Å². The number of nitrogens with one attached hydrogen (secondary N) is 2. The van der Waals surface area contributed by atoms with Crippen LogP contribution in [0.5, 0.6) is 0 Å². The fourth-order valence-corrected chi connectivity index (χ4v) is 3.72. The first-order valence-corrected chi connectivity index (χ1v) is 7.93. The van der Waals surface area contributed by atoms with Crippen LogP contribution in [0.2, 0.25) is 0 Å². The fourth-order valence-electron chi connectivity index (χ4n) is 2.53. The van der Waals surface area contributed by atoms with E-state index in [2.05, 4.69) is 38.7 Å². The van der Waals surface area contributed by atoms with Crippen molar-refractivity contribution in [1.82, 2.24) is 10.6 Å². The predicted octanol–water partition coefficient (Wildman–Crippen LogP) is 2.38. The molecule has 0 aromatic heterocycles. The molecule has 0 saturated carbocycles. The van der Waals surface area contributed by atoms with Gasteiger partial charge in [-0.25, -0.2) is 0 Å². The summed E-state index contributed by atoms with van der Waals surface area (Å²) >= 11 is 4.62. The molecule has 1 aliphatic carbocycles. The average Bonchev–Trinajstić information content (AvgIpc) is 2.96. The molecule has 1 aromatic rings. The summed E-state index contributed by atoms with van der Waals surface area (Å²) in [7, 11) is 0. The van der Waals surface area contributed by atoms with E-state index in [1.165, 1.54) is 11.1 Å². The number of hydrogen-bond acceptors (Lipinski definition) is 3. The van der Waals surface area contributed by atoms with Gasteiger partial charge in [0.15, 0.2) is 0 Å². The minimum atomic E-state index is -0.392. The van der Waals surface area contributed by atoms with Crippen LogP contribution in [-0.2, 0) is 11.2 Å². The summed E-state index contributed by atoms with van der Waals surface area (Å²) in [6.45, 7) is 0. The van der Waals surface area contributed by atoms with Crippen LogP contribution in [0.1, 0.15) is 23.6 Å². The Morgan fingerprint density at radius 2 is 2.32 bits per heavy atom. The second-order valence-electron chi connectivity index (χ2n) is 4.74. The van der Waals surface area contributed by atoms with Crippen molar-refractivity contribution in [2.24, 2.45) is 0 Å². The van der Waals surface area contributed by atoms with Gasteiger partial charge in [-0.2, -0.15) is 0 Å². The zero-order valence-corrected chi connectivity index (χ0v) is 12.5. The maximum atomic E-state index is 12.1. The molecule has 6 heteroatoms. The van der Waals surface area contributed by atoms with Crippen LogP contribution in [0.25, 0.3) is 0 Å². The summed E-state index contributed by atoms with van der Waals surface area (Å²) < 4.78 is 1.07. The van der Waals surface area contributed by atoms with E-state index in [-0.39, 0.29) is 17.2 Å². The summed E-state index contributed by atoms with van der Waals surface area (Å²) in [5.41, 5.74) is 2.47. The maximum absolute atomic E-state index is 12.1. The third kappa shape index (κ3) is 2.65. The highest BCUT2D eigenvalue weighted by molar-refractivity contribution is 9.10. The highest BCUT2D eigenvalue weighted by Crippen LogP contribution is 2.33. The molecule has 4 nitrogen and oxygen atoms in total. The largest absolute Gasteiger partial charge is 0.347 e. The van der Waals surface area contributed by atoms with Crippen LogP contribution >= 0.6 is 27.7 Å². The Labute approximate surface area is 123 Å². The number of amides is 2. The number of rotatable bonds is 2. The highest BCUT2D eigenvalue weighted by Gasteiger charge is 2.31. The van der Waals surface area contributed by atoms with E-state index in [0.29, 0.717) is 5.75 Å². The third-order valence-corrected chi connectivity index (χ3v) is 4.86. The molecule has 3 rings (SSSR count). The fraction of sp³-hybridized carbons (Fsp3) is 0.385. The van der Waals surface area contributed by atoms with Gasteiger partial charge in [-0.15, -0.1) is 0 Å². The number of hydrogen-bond donors (Lipinski definition) is 2. The van der Waals surface area contributed by atoms with Crippen LogP contribution in [0, 0.1) is 0 Å². The van der Waals surface area contributed by atoms with Crippen LogP contribution in [0.4, 0.5) is 4.79 Å². The molecule has 0 bridgehead atoms. The summed E-state index contributed by atoms with van der Waals surface area (Å²) in [5, 5.41) is 5.58. The summed E-state index contributed by atoms with van der Waals surface area (Å²) in [4.78, 5) is 23.2. The Balaban J connectivity index is 1.69. The number of carbonyl (C=O) groups excluding carboxylic acids is 2. The lowest BCUT2D eigenvalue weighted by atomic mass is 10.1. The minimum absolute atomic E-state index is 0.0677. The molecule has 2 aliphatic rings. The monoisotopic (exact) mass is 340 g/mol. The molecule has 1 aromatic carbocycles. The number of carbonyl (C=O) groups is 2. The van der Waals surface area contributed by atoms with Gasteiger partial charge >= 0.3 is 0 Å². The lowest BCUT2D eigenvalue weighted by molar-refractivity contribution is -0.123. The molecule has 2 atom stereocenters. The average molecular weight is 341 g/mol. The first-order chi connectivity index (χ1) is 9.13. The van der Waals surface area contributed by atoms with Crippen molar-refractivity contribution < 1.29 is 9.59 Å². The van der Waals surface area contributed by atoms with Crippen LogP contribution < -0.4 is 10.6 Å². The molecule has 2 N–H and O–H groups in total. The number of fused-ring (bicyclic) bond motifs is 1. The zero-order valence-electron chi connectivity index (χ0n) is 10.1. The van der Waals surface area contributed by atoms with Crippen molar-refractivity contribution in [2.45, 2.75) is 24.9 Å². The van der Waals surface area contributed by atoms with Crippen molar-refractivity contribution >= 4 is 38.8 Å². The van der Waals surface area contributed by atoms with Gasteiger partial charge in [0.2, 0.25) is 5.91 Å². The molecule has 1 saturated heterocycles. The SMILES string of the molecule is O=C1N[C@H](C(=O)N[C@@H]2CCc3cc(Br)ccc32)CS1. The standard InChI is InChI=1S/C13H13BrN2O2S/c14-8-2-3-9-7(5-8)1-4-10(9)15-12(17)11-6-19-13(18)16-11/h2-3,5,10-11H,1,4,6H2,(H,15,17)(H,16,18)/t10-,11+/m1/s1. The number of benzene rings is 1. The molecule has 1 fully saturated rings. The van der Waals surface area contributed by atoms with Gasteiger partial charge in [-0.1, -0.05) is 33.8 Å². The van der Waals surface area contributed by atoms with Crippen molar-refractivity contribution in [3.63, 3.8) is 0 Å². The van der Waals surface area contributed by atoms with Gasteiger partial charge in [-0.05, 0) is 36.1 Å². The predicted molar refractivity (Wildman–Crippen MR) is 78.1 cm³/mol. The Bertz CT molecular complexity index is 549. The van der Waals surface area contributed by atoms with E-state index in [9.17, 15) is 9.59 Å². The molecular weight excluding hydrogens is 328 g/mol. The van der Waals surface area contributed by atoms with Crippen molar-refractivity contribution in [3.05, 3.63) is 33.8 Å². The Kier molecular flexibility index (Phi) is 3.54. The van der Waals surface area contributed by atoms with Crippen molar-refractivity contribution in [3.8, 4) is 0 Å². The minimum Gasteiger partial charge on any atom is -0.347 e. The van der Waals surface area contributed by atoms with Gasteiger partial charge in [-0.3, -0.25) is 9.59 Å². The maximum Gasteiger partial charge on any atom is 0.279 e. The molecular formula is C13H13BrN2O2S. The molecule has 0 spiro atoms. The normalized spacial score (nSPS) is 25.0. The van der Waals surface area contributed by atoms with E-state index in [1.807, 2.05) is 6.07 Å². The van der Waals surface area contributed by atoms with Crippen molar-refractivity contribution in [2.75, 3.05) is 5.75 Å². The molecule has 0 unspecified atom stereocenters. The van der Waals surface area contributed by atoms with E-state index < -0.39 is 6.04 Å². The van der Waals surface area contributed by atoms with Gasteiger partial charge in [0.1, 0.15) is 6.04 Å². The lowest BCUT2D eigenvalue weighted by Crippen LogP contribution is -2.43. The Hall–Kier alpha value is -1.01. The quantitative estimate of drug-likeness (QED) is 0.868. The van der Waals surface area contributed by atoms with E-state index >= 15 is 0 Å². The Morgan fingerprint density at radius 1 is 1.47 bits per heavy atom. The number of aryl methyl sites for hydroxylation is 1. The zero-order chi connectivity index (χ0) is 13.4. The second-order valence-corrected chi connectivity index (χ2v) is 6.65. The molecule has 19 heavy (non-hydrogen) atoms. The molecule has 1 heterocycles. The van der Waals surface area contributed by atoms with Crippen molar-refractivity contribution in [1.29, 1.82) is 0 Å². The van der Waals surface area contributed by atoms with Gasteiger partial charge in [0, 0.05) is 10.2 Å². The smallest absolute Gasteiger partial charge is 0.279 e. The Morgan fingerprint density at radius 3 is 3.05 bits per heavy atom. The van der Waals surface area contributed by atoms with E-state index in [4.69, 9.17) is 0 Å². The molecule has 2 amide bonds. The molecule has 0 radical (unpaired) electrons. The first kappa shape index (κ1) is 13.0. The van der Waals surface area contributed by atoms with Gasteiger partial charge < -0.3 is 10.6 Å². The van der Waals surface area contributed by atoms with E-state index in [1.54, 1.807) is 0 Å². The summed E-state index contributed by atoms with van der Waals surface area (Å²) in [6.07, 6.45) is 1.90. The highest BCUT2D eigenvalue weighted by atomic mass is 79.9. The van der Waals surface area contributed by atoms with Gasteiger partial charge in [0.05, 0.1) is 6.04 Å². The molecule has 1 aliphatic heterocycles. The first-order valence-electron chi connectivity index (χ1n) is 6.15.